The minimum atomic E-state index is 0.764. The Labute approximate surface area is 75.0 Å². The summed E-state index contributed by atoms with van der Waals surface area (Å²) in [5.74, 6) is 0.764. The second-order valence-electron chi connectivity index (χ2n) is 2.73. The molecular weight excluding hydrogens is 168 g/mol. The summed E-state index contributed by atoms with van der Waals surface area (Å²) in [6.07, 6.45) is 7.35. The molecule has 68 valence electrons. The molecule has 0 aliphatic heterocycles. The molecule has 0 saturated heterocycles. The molecule has 1 N–H and O–H groups in total. The number of aryl methyl sites for hydroxylation is 2. The predicted molar refractivity (Wildman–Crippen MR) is 44.7 cm³/mol. The Morgan fingerprint density at radius 3 is 3.15 bits per heavy atom. The van der Waals surface area contributed by atoms with E-state index in [1.54, 1.807) is 12.5 Å². The molecule has 13 heavy (non-hydrogen) atoms. The molecule has 0 atom stereocenters. The van der Waals surface area contributed by atoms with Crippen molar-refractivity contribution in [1.29, 1.82) is 0 Å². The van der Waals surface area contributed by atoms with Crippen molar-refractivity contribution in [2.45, 2.75) is 19.4 Å². The molecule has 2 heterocycles. The second-order valence-corrected chi connectivity index (χ2v) is 2.73. The van der Waals surface area contributed by atoms with Crippen molar-refractivity contribution in [3.8, 4) is 0 Å². The fourth-order valence-corrected chi connectivity index (χ4v) is 1.13. The topological polar surface area (TPSA) is 72.3 Å². The van der Waals surface area contributed by atoms with E-state index in [1.165, 1.54) is 0 Å². The number of H-pyrrole nitrogens is 1. The van der Waals surface area contributed by atoms with Crippen LogP contribution >= 0.6 is 0 Å². The first-order valence-corrected chi connectivity index (χ1v) is 4.13. The molecule has 0 fully saturated rings. The van der Waals surface area contributed by atoms with Crippen LogP contribution in [0.1, 0.15) is 12.2 Å². The van der Waals surface area contributed by atoms with Gasteiger partial charge in [-0.2, -0.15) is 5.21 Å². The molecule has 0 aliphatic rings. The number of aromatic nitrogens is 6. The first-order valence-electron chi connectivity index (χ1n) is 4.13. The van der Waals surface area contributed by atoms with E-state index in [-0.39, 0.29) is 0 Å². The summed E-state index contributed by atoms with van der Waals surface area (Å²) < 4.78 is 2.03. The standard InChI is InChI=1S/C7H10N6/c1(2-7-9-11-12-10-7)4-13-5-3-8-6-13/h3,5-6H,1-2,4H2,(H,9,10,11,12). The number of hydrogen-bond donors (Lipinski definition) is 1. The number of aromatic amines is 1. The van der Waals surface area contributed by atoms with E-state index in [0.29, 0.717) is 0 Å². The van der Waals surface area contributed by atoms with Gasteiger partial charge < -0.3 is 4.57 Å². The van der Waals surface area contributed by atoms with Crippen LogP contribution in [0, 0.1) is 0 Å². The lowest BCUT2D eigenvalue weighted by Crippen LogP contribution is -1.97. The van der Waals surface area contributed by atoms with Crippen LogP contribution < -0.4 is 0 Å². The van der Waals surface area contributed by atoms with Crippen molar-refractivity contribution in [2.24, 2.45) is 0 Å². The van der Waals surface area contributed by atoms with Crippen LogP contribution in [-0.2, 0) is 13.0 Å². The van der Waals surface area contributed by atoms with Gasteiger partial charge >= 0.3 is 0 Å². The maximum atomic E-state index is 3.95. The number of rotatable bonds is 4. The lowest BCUT2D eigenvalue weighted by molar-refractivity contribution is 0.629. The largest absolute Gasteiger partial charge is 0.337 e. The van der Waals surface area contributed by atoms with Crippen LogP contribution in [0.15, 0.2) is 18.7 Å². The summed E-state index contributed by atoms with van der Waals surface area (Å²) >= 11 is 0. The zero-order valence-corrected chi connectivity index (χ0v) is 7.09. The van der Waals surface area contributed by atoms with E-state index in [0.717, 1.165) is 25.2 Å². The van der Waals surface area contributed by atoms with Crippen molar-refractivity contribution in [3.63, 3.8) is 0 Å². The Balaban J connectivity index is 1.76. The third kappa shape index (κ3) is 2.11. The zero-order valence-electron chi connectivity index (χ0n) is 7.09. The maximum absolute atomic E-state index is 3.95. The highest BCUT2D eigenvalue weighted by molar-refractivity contribution is 4.78. The van der Waals surface area contributed by atoms with Crippen LogP contribution in [-0.4, -0.2) is 30.2 Å². The summed E-state index contributed by atoms with van der Waals surface area (Å²) in [5, 5.41) is 13.6. The maximum Gasteiger partial charge on any atom is 0.174 e. The van der Waals surface area contributed by atoms with Gasteiger partial charge in [-0.25, -0.2) is 4.98 Å². The molecule has 0 aromatic carbocycles. The molecule has 0 saturated carbocycles. The number of nitrogens with one attached hydrogen (secondary N) is 1. The Morgan fingerprint density at radius 1 is 1.46 bits per heavy atom. The van der Waals surface area contributed by atoms with Crippen LogP contribution in [0.4, 0.5) is 0 Å². The quantitative estimate of drug-likeness (QED) is 0.716. The number of tetrazole rings is 1. The molecule has 2 rings (SSSR count). The summed E-state index contributed by atoms with van der Waals surface area (Å²) in [7, 11) is 0. The first kappa shape index (κ1) is 7.90. The number of hydrogen-bond acceptors (Lipinski definition) is 4. The average molecular weight is 178 g/mol. The van der Waals surface area contributed by atoms with E-state index in [4.69, 9.17) is 0 Å². The lowest BCUT2D eigenvalue weighted by Gasteiger charge is -1.98. The molecule has 0 unspecified atom stereocenters. The number of imidazole rings is 1. The average Bonchev–Trinajstić information content (AvgIpc) is 2.75. The van der Waals surface area contributed by atoms with E-state index >= 15 is 0 Å². The van der Waals surface area contributed by atoms with E-state index in [2.05, 4.69) is 25.6 Å². The minimum absolute atomic E-state index is 0.764. The van der Waals surface area contributed by atoms with Gasteiger partial charge in [-0.05, 0) is 6.42 Å². The van der Waals surface area contributed by atoms with E-state index < -0.39 is 0 Å². The fourth-order valence-electron chi connectivity index (χ4n) is 1.13. The van der Waals surface area contributed by atoms with Gasteiger partial charge in [0.1, 0.15) is 0 Å². The van der Waals surface area contributed by atoms with Crippen molar-refractivity contribution in [3.05, 3.63) is 24.5 Å². The third-order valence-corrected chi connectivity index (χ3v) is 1.77. The van der Waals surface area contributed by atoms with Gasteiger partial charge in [-0.3, -0.25) is 0 Å². The van der Waals surface area contributed by atoms with Crippen LogP contribution in [0.25, 0.3) is 0 Å². The molecule has 2 aromatic heterocycles. The highest BCUT2D eigenvalue weighted by Crippen LogP contribution is 1.95. The van der Waals surface area contributed by atoms with Gasteiger partial charge in [0, 0.05) is 25.4 Å². The van der Waals surface area contributed by atoms with Gasteiger partial charge in [0.05, 0.1) is 6.33 Å². The lowest BCUT2D eigenvalue weighted by atomic mass is 10.3. The summed E-state index contributed by atoms with van der Waals surface area (Å²) in [4.78, 5) is 3.95. The third-order valence-electron chi connectivity index (χ3n) is 1.77. The summed E-state index contributed by atoms with van der Waals surface area (Å²) in [6.45, 7) is 0.939. The second kappa shape index (κ2) is 3.79. The van der Waals surface area contributed by atoms with Crippen LogP contribution in [0.3, 0.4) is 0 Å². The van der Waals surface area contributed by atoms with Gasteiger partial charge in [0.25, 0.3) is 0 Å². The van der Waals surface area contributed by atoms with Crippen LogP contribution in [0.5, 0.6) is 0 Å². The summed E-state index contributed by atoms with van der Waals surface area (Å²) in [5.41, 5.74) is 0. The molecule has 0 bridgehead atoms. The van der Waals surface area contributed by atoms with E-state index in [9.17, 15) is 0 Å². The molecule has 6 heteroatoms. The smallest absolute Gasteiger partial charge is 0.174 e. The molecule has 0 amide bonds. The predicted octanol–water partition coefficient (Wildman–Crippen LogP) is 0.0290. The molecule has 2 aromatic rings. The molecular formula is C7H10N6. The molecule has 6 nitrogen and oxygen atoms in total. The Bertz CT molecular complexity index is 290. The van der Waals surface area contributed by atoms with Gasteiger partial charge in [-0.15, -0.1) is 10.2 Å². The Morgan fingerprint density at radius 2 is 2.46 bits per heavy atom. The Hall–Kier alpha value is -1.72. The fraction of sp³-hybridized carbons (Fsp3) is 0.429. The first-order chi connectivity index (χ1) is 6.45. The molecule has 0 radical (unpaired) electrons. The Kier molecular flexibility index (Phi) is 2.31. The van der Waals surface area contributed by atoms with Crippen molar-refractivity contribution in [2.75, 3.05) is 0 Å². The number of nitrogens with zero attached hydrogens (tertiary/aromatic N) is 5. The SMILES string of the molecule is c1cn(CCCc2nn[nH]n2)cn1. The highest BCUT2D eigenvalue weighted by Gasteiger charge is 1.97. The van der Waals surface area contributed by atoms with Gasteiger partial charge in [0.15, 0.2) is 5.82 Å². The van der Waals surface area contributed by atoms with Gasteiger partial charge in [-0.1, -0.05) is 5.21 Å². The normalized spacial score (nSPS) is 10.5. The monoisotopic (exact) mass is 178 g/mol. The molecule has 0 spiro atoms. The van der Waals surface area contributed by atoms with Crippen molar-refractivity contribution in [1.82, 2.24) is 30.2 Å². The summed E-state index contributed by atoms with van der Waals surface area (Å²) in [6, 6.07) is 0. The molecule has 0 aliphatic carbocycles. The highest BCUT2D eigenvalue weighted by atomic mass is 15.5. The van der Waals surface area contributed by atoms with Gasteiger partial charge in [0.2, 0.25) is 0 Å². The van der Waals surface area contributed by atoms with Crippen molar-refractivity contribution >= 4 is 0 Å². The zero-order chi connectivity index (χ0) is 8.93. The van der Waals surface area contributed by atoms with Crippen LogP contribution in [0.2, 0.25) is 0 Å². The van der Waals surface area contributed by atoms with Crippen molar-refractivity contribution < 1.29 is 0 Å². The van der Waals surface area contributed by atoms with E-state index in [1.807, 2.05) is 10.8 Å². The minimum Gasteiger partial charge on any atom is -0.337 e.